The fraction of sp³-hybridized carbons (Fsp3) is 0.467. The van der Waals surface area contributed by atoms with Crippen LogP contribution in [0.1, 0.15) is 29.8 Å². The van der Waals surface area contributed by atoms with Crippen molar-refractivity contribution in [1.29, 1.82) is 0 Å². The average Bonchev–Trinajstić information content (AvgIpc) is 2.40. The Hall–Kier alpha value is -1.88. The van der Waals surface area contributed by atoms with Crippen LogP contribution in [0.4, 0.5) is 5.69 Å². The Morgan fingerprint density at radius 2 is 2.00 bits per heavy atom. The van der Waals surface area contributed by atoms with Gasteiger partial charge in [-0.3, -0.25) is 4.79 Å². The van der Waals surface area contributed by atoms with Crippen LogP contribution in [0, 0.1) is 18.8 Å². The molecule has 3 N–H and O–H groups in total. The number of nitrogens with one attached hydrogen (secondary N) is 1. The number of methoxy groups -OCH3 is 1. The Balaban J connectivity index is 3.03. The molecule has 0 radical (unpaired) electrons. The second kappa shape index (κ2) is 7.05. The summed E-state index contributed by atoms with van der Waals surface area (Å²) in [5.41, 5.74) is 7.34. The van der Waals surface area contributed by atoms with Crippen molar-refractivity contribution in [3.8, 4) is 0 Å². The van der Waals surface area contributed by atoms with Crippen LogP contribution in [0.15, 0.2) is 18.2 Å². The normalized spacial score (nSPS) is 12.1. The summed E-state index contributed by atoms with van der Waals surface area (Å²) in [6.07, 6.45) is 0. The standard InChI is InChI=1S/C15H22N2O3/c1-9(2)12(8-16)14(18)17-13-6-5-10(3)7-11(13)15(19)20-4/h5-7,9,12H,8,16H2,1-4H3,(H,17,18). The number of carbonyl (C=O) groups is 2. The third-order valence-corrected chi connectivity index (χ3v) is 3.23. The van der Waals surface area contributed by atoms with E-state index in [2.05, 4.69) is 5.32 Å². The Bertz CT molecular complexity index is 498. The van der Waals surface area contributed by atoms with Crippen LogP contribution in [0.3, 0.4) is 0 Å². The molecule has 110 valence electrons. The van der Waals surface area contributed by atoms with Crippen molar-refractivity contribution in [3.63, 3.8) is 0 Å². The molecular weight excluding hydrogens is 256 g/mol. The summed E-state index contributed by atoms with van der Waals surface area (Å²) < 4.78 is 4.73. The fourth-order valence-corrected chi connectivity index (χ4v) is 1.95. The molecule has 0 aromatic heterocycles. The number of benzene rings is 1. The molecule has 1 amide bonds. The van der Waals surface area contributed by atoms with Gasteiger partial charge in [-0.05, 0) is 25.0 Å². The zero-order valence-corrected chi connectivity index (χ0v) is 12.4. The minimum absolute atomic E-state index is 0.132. The molecule has 0 aliphatic carbocycles. The van der Waals surface area contributed by atoms with E-state index in [1.165, 1.54) is 7.11 Å². The average molecular weight is 278 g/mol. The van der Waals surface area contributed by atoms with E-state index in [0.29, 0.717) is 11.3 Å². The van der Waals surface area contributed by atoms with E-state index in [4.69, 9.17) is 10.5 Å². The maximum atomic E-state index is 12.2. The first-order valence-corrected chi connectivity index (χ1v) is 6.60. The van der Waals surface area contributed by atoms with Crippen LogP contribution in [0.2, 0.25) is 0 Å². The zero-order valence-electron chi connectivity index (χ0n) is 12.4. The number of ether oxygens (including phenoxy) is 1. The van der Waals surface area contributed by atoms with E-state index in [0.717, 1.165) is 5.56 Å². The summed E-state index contributed by atoms with van der Waals surface area (Å²) in [6.45, 7) is 6.01. The highest BCUT2D eigenvalue weighted by atomic mass is 16.5. The summed E-state index contributed by atoms with van der Waals surface area (Å²) in [6, 6.07) is 5.22. The van der Waals surface area contributed by atoms with Crippen molar-refractivity contribution >= 4 is 17.6 Å². The summed E-state index contributed by atoms with van der Waals surface area (Å²) in [5.74, 6) is -0.817. The number of aryl methyl sites for hydroxylation is 1. The molecule has 0 saturated carbocycles. The molecular formula is C15H22N2O3. The number of hydrogen-bond donors (Lipinski definition) is 2. The number of anilines is 1. The lowest BCUT2D eigenvalue weighted by molar-refractivity contribution is -0.120. The van der Waals surface area contributed by atoms with E-state index < -0.39 is 5.97 Å². The first-order valence-electron chi connectivity index (χ1n) is 6.60. The minimum Gasteiger partial charge on any atom is -0.465 e. The highest BCUT2D eigenvalue weighted by Crippen LogP contribution is 2.20. The van der Waals surface area contributed by atoms with Crippen molar-refractivity contribution < 1.29 is 14.3 Å². The smallest absolute Gasteiger partial charge is 0.339 e. The van der Waals surface area contributed by atoms with Gasteiger partial charge in [-0.2, -0.15) is 0 Å². The summed E-state index contributed by atoms with van der Waals surface area (Å²) in [4.78, 5) is 23.9. The van der Waals surface area contributed by atoms with Crippen molar-refractivity contribution in [2.45, 2.75) is 20.8 Å². The molecule has 5 nitrogen and oxygen atoms in total. The van der Waals surface area contributed by atoms with Gasteiger partial charge in [-0.15, -0.1) is 0 Å². The Morgan fingerprint density at radius 1 is 1.35 bits per heavy atom. The Kier molecular flexibility index (Phi) is 5.70. The number of nitrogens with two attached hydrogens (primary N) is 1. The predicted molar refractivity (Wildman–Crippen MR) is 78.5 cm³/mol. The topological polar surface area (TPSA) is 81.4 Å². The molecule has 0 bridgehead atoms. The monoisotopic (exact) mass is 278 g/mol. The molecule has 1 unspecified atom stereocenters. The molecule has 0 fully saturated rings. The zero-order chi connectivity index (χ0) is 15.3. The fourth-order valence-electron chi connectivity index (χ4n) is 1.95. The van der Waals surface area contributed by atoms with Crippen LogP contribution in [-0.4, -0.2) is 25.5 Å². The third kappa shape index (κ3) is 3.81. The highest BCUT2D eigenvalue weighted by Gasteiger charge is 2.22. The number of carbonyl (C=O) groups excluding carboxylic acids is 2. The largest absolute Gasteiger partial charge is 0.465 e. The van der Waals surface area contributed by atoms with E-state index in [-0.39, 0.29) is 24.3 Å². The van der Waals surface area contributed by atoms with Gasteiger partial charge < -0.3 is 15.8 Å². The van der Waals surface area contributed by atoms with Crippen LogP contribution < -0.4 is 11.1 Å². The van der Waals surface area contributed by atoms with Crippen molar-refractivity contribution in [2.24, 2.45) is 17.6 Å². The lowest BCUT2D eigenvalue weighted by Crippen LogP contribution is -2.33. The molecule has 0 aliphatic rings. The molecule has 1 rings (SSSR count). The van der Waals surface area contributed by atoms with Gasteiger partial charge in [0.1, 0.15) is 0 Å². The van der Waals surface area contributed by atoms with Crippen LogP contribution >= 0.6 is 0 Å². The minimum atomic E-state index is -0.474. The predicted octanol–water partition coefficient (Wildman–Crippen LogP) is 1.95. The van der Waals surface area contributed by atoms with E-state index in [1.54, 1.807) is 12.1 Å². The van der Waals surface area contributed by atoms with Crippen LogP contribution in [-0.2, 0) is 9.53 Å². The lowest BCUT2D eigenvalue weighted by atomic mass is 9.95. The first kappa shape index (κ1) is 16.2. The maximum Gasteiger partial charge on any atom is 0.339 e. The number of esters is 1. The Morgan fingerprint density at radius 3 is 2.50 bits per heavy atom. The lowest BCUT2D eigenvalue weighted by Gasteiger charge is -2.19. The van der Waals surface area contributed by atoms with Gasteiger partial charge in [0, 0.05) is 6.54 Å². The molecule has 20 heavy (non-hydrogen) atoms. The molecule has 0 heterocycles. The summed E-state index contributed by atoms with van der Waals surface area (Å²) in [5, 5.41) is 2.77. The number of rotatable bonds is 5. The van der Waals surface area contributed by atoms with Gasteiger partial charge in [0.05, 0.1) is 24.3 Å². The molecule has 0 spiro atoms. The SMILES string of the molecule is COC(=O)c1cc(C)ccc1NC(=O)C(CN)C(C)C. The van der Waals surface area contributed by atoms with Crippen molar-refractivity contribution in [2.75, 3.05) is 19.0 Å². The maximum absolute atomic E-state index is 12.2. The van der Waals surface area contributed by atoms with Gasteiger partial charge in [-0.25, -0.2) is 4.79 Å². The van der Waals surface area contributed by atoms with Gasteiger partial charge in [-0.1, -0.05) is 25.5 Å². The van der Waals surface area contributed by atoms with Crippen LogP contribution in [0.25, 0.3) is 0 Å². The van der Waals surface area contributed by atoms with Gasteiger partial charge >= 0.3 is 5.97 Å². The first-order chi connectivity index (χ1) is 9.40. The second-order valence-electron chi connectivity index (χ2n) is 5.12. The molecule has 5 heteroatoms. The van der Waals surface area contributed by atoms with Crippen molar-refractivity contribution in [1.82, 2.24) is 0 Å². The number of hydrogen-bond acceptors (Lipinski definition) is 4. The van der Waals surface area contributed by atoms with E-state index in [1.807, 2.05) is 26.8 Å². The summed E-state index contributed by atoms with van der Waals surface area (Å²) >= 11 is 0. The van der Waals surface area contributed by atoms with E-state index in [9.17, 15) is 9.59 Å². The third-order valence-electron chi connectivity index (χ3n) is 3.23. The summed E-state index contributed by atoms with van der Waals surface area (Å²) in [7, 11) is 1.31. The molecule has 1 aromatic carbocycles. The van der Waals surface area contributed by atoms with Gasteiger partial charge in [0.15, 0.2) is 0 Å². The van der Waals surface area contributed by atoms with Gasteiger partial charge in [0.25, 0.3) is 0 Å². The Labute approximate surface area is 119 Å². The molecule has 1 atom stereocenters. The van der Waals surface area contributed by atoms with Gasteiger partial charge in [0.2, 0.25) is 5.91 Å². The molecule has 1 aromatic rings. The van der Waals surface area contributed by atoms with Crippen LogP contribution in [0.5, 0.6) is 0 Å². The second-order valence-corrected chi connectivity index (χ2v) is 5.12. The van der Waals surface area contributed by atoms with E-state index >= 15 is 0 Å². The molecule has 0 saturated heterocycles. The highest BCUT2D eigenvalue weighted by molar-refractivity contribution is 6.02. The quantitative estimate of drug-likeness (QED) is 0.807. The number of amides is 1. The molecule has 0 aliphatic heterocycles. The van der Waals surface area contributed by atoms with Crippen molar-refractivity contribution in [3.05, 3.63) is 29.3 Å².